The molecule has 88 valence electrons. The van der Waals surface area contributed by atoms with Crippen molar-refractivity contribution in [3.8, 4) is 0 Å². The molecule has 16 heavy (non-hydrogen) atoms. The zero-order chi connectivity index (χ0) is 11.8. The fourth-order valence-electron chi connectivity index (χ4n) is 1.56. The molecule has 1 amide bonds. The molecule has 0 radical (unpaired) electrons. The van der Waals surface area contributed by atoms with E-state index >= 15 is 0 Å². The fraction of sp³-hybridized carbons (Fsp3) is 0.500. The van der Waals surface area contributed by atoms with E-state index in [-0.39, 0.29) is 29.1 Å². The standard InChI is InChI=1S/C8H11N3O3S2/c9-8-11-6(3-15-8)7(12)10-5-1-2-16(13,14)4-5/h3,5H,1-2,4H2,(H2,9,11)(H,10,12). The molecule has 8 heteroatoms. The molecule has 1 aromatic heterocycles. The van der Waals surface area contributed by atoms with Gasteiger partial charge < -0.3 is 11.1 Å². The van der Waals surface area contributed by atoms with E-state index in [0.717, 1.165) is 0 Å². The summed E-state index contributed by atoms with van der Waals surface area (Å²) in [7, 11) is -2.98. The molecule has 2 rings (SSSR count). The van der Waals surface area contributed by atoms with Crippen molar-refractivity contribution in [1.82, 2.24) is 10.3 Å². The number of carbonyl (C=O) groups excluding carboxylic acids is 1. The third-order valence-corrected chi connectivity index (χ3v) is 4.76. The molecule has 3 N–H and O–H groups in total. The smallest absolute Gasteiger partial charge is 0.271 e. The molecule has 0 bridgehead atoms. The van der Waals surface area contributed by atoms with Crippen LogP contribution in [-0.4, -0.2) is 36.9 Å². The minimum absolute atomic E-state index is 0.0123. The molecule has 2 heterocycles. The van der Waals surface area contributed by atoms with Crippen LogP contribution in [0.2, 0.25) is 0 Å². The summed E-state index contributed by atoms with van der Waals surface area (Å²) in [5.41, 5.74) is 5.64. The number of amides is 1. The van der Waals surface area contributed by atoms with Crippen LogP contribution in [0.25, 0.3) is 0 Å². The number of nitrogens with zero attached hydrogens (tertiary/aromatic N) is 1. The summed E-state index contributed by atoms with van der Waals surface area (Å²) in [4.78, 5) is 15.4. The number of thiazole rings is 1. The van der Waals surface area contributed by atoms with E-state index < -0.39 is 9.84 Å². The Kier molecular flexibility index (Phi) is 2.85. The maximum absolute atomic E-state index is 11.6. The average Bonchev–Trinajstić information content (AvgIpc) is 2.73. The molecule has 0 aromatic carbocycles. The summed E-state index contributed by atoms with van der Waals surface area (Å²) >= 11 is 1.18. The fourth-order valence-corrected chi connectivity index (χ4v) is 3.78. The van der Waals surface area contributed by atoms with Crippen molar-refractivity contribution in [2.24, 2.45) is 0 Å². The van der Waals surface area contributed by atoms with E-state index in [4.69, 9.17) is 5.73 Å². The number of hydrogen-bond donors (Lipinski definition) is 2. The Hall–Kier alpha value is -1.15. The van der Waals surface area contributed by atoms with Gasteiger partial charge in [-0.2, -0.15) is 0 Å². The van der Waals surface area contributed by atoms with E-state index in [0.29, 0.717) is 11.6 Å². The zero-order valence-electron chi connectivity index (χ0n) is 8.34. The lowest BCUT2D eigenvalue weighted by molar-refractivity contribution is 0.0937. The summed E-state index contributed by atoms with van der Waals surface area (Å²) in [5.74, 6) is -0.217. The van der Waals surface area contributed by atoms with Crippen LogP contribution in [-0.2, 0) is 9.84 Å². The normalized spacial score (nSPS) is 23.1. The van der Waals surface area contributed by atoms with Crippen molar-refractivity contribution in [1.29, 1.82) is 0 Å². The molecule has 1 aromatic rings. The van der Waals surface area contributed by atoms with Gasteiger partial charge in [-0.25, -0.2) is 13.4 Å². The Morgan fingerprint density at radius 1 is 1.62 bits per heavy atom. The van der Waals surface area contributed by atoms with Crippen LogP contribution in [0.1, 0.15) is 16.9 Å². The van der Waals surface area contributed by atoms with E-state index in [9.17, 15) is 13.2 Å². The second-order valence-corrected chi connectivity index (χ2v) is 6.76. The Bertz CT molecular complexity index is 508. The quantitative estimate of drug-likeness (QED) is 0.757. The highest BCUT2D eigenvalue weighted by atomic mass is 32.2. The topological polar surface area (TPSA) is 102 Å². The summed E-state index contributed by atoms with van der Waals surface area (Å²) in [6.07, 6.45) is 0.466. The number of carbonyl (C=O) groups is 1. The second kappa shape index (κ2) is 4.02. The first-order valence-corrected chi connectivity index (χ1v) is 7.39. The van der Waals surface area contributed by atoms with Crippen LogP contribution in [0, 0.1) is 0 Å². The number of aromatic nitrogens is 1. The van der Waals surface area contributed by atoms with Crippen molar-refractivity contribution < 1.29 is 13.2 Å². The SMILES string of the molecule is Nc1nc(C(=O)NC2CCS(=O)(=O)C2)cs1. The molecule has 0 aliphatic carbocycles. The highest BCUT2D eigenvalue weighted by molar-refractivity contribution is 7.91. The molecule has 6 nitrogen and oxygen atoms in total. The van der Waals surface area contributed by atoms with Gasteiger partial charge in [0.2, 0.25) is 0 Å². The Labute approximate surface area is 96.8 Å². The maximum atomic E-state index is 11.6. The van der Waals surface area contributed by atoms with Gasteiger partial charge in [0.25, 0.3) is 5.91 Å². The lowest BCUT2D eigenvalue weighted by atomic mass is 10.2. The lowest BCUT2D eigenvalue weighted by Gasteiger charge is -2.08. The maximum Gasteiger partial charge on any atom is 0.271 e. The van der Waals surface area contributed by atoms with Crippen molar-refractivity contribution in [2.45, 2.75) is 12.5 Å². The first-order chi connectivity index (χ1) is 7.46. The average molecular weight is 261 g/mol. The van der Waals surface area contributed by atoms with Gasteiger partial charge in [-0.15, -0.1) is 11.3 Å². The number of rotatable bonds is 2. The van der Waals surface area contributed by atoms with Gasteiger partial charge in [-0.3, -0.25) is 4.79 Å². The molecule has 1 saturated heterocycles. The molecule has 1 unspecified atom stereocenters. The molecule has 0 saturated carbocycles. The third kappa shape index (κ3) is 2.50. The molecule has 1 aliphatic rings. The van der Waals surface area contributed by atoms with Crippen LogP contribution in [0.15, 0.2) is 5.38 Å². The minimum Gasteiger partial charge on any atom is -0.375 e. The Morgan fingerprint density at radius 2 is 2.38 bits per heavy atom. The van der Waals surface area contributed by atoms with Crippen LogP contribution in [0.5, 0.6) is 0 Å². The predicted octanol–water partition coefficient (Wildman–Crippen LogP) is -0.358. The van der Waals surface area contributed by atoms with Crippen LogP contribution >= 0.6 is 11.3 Å². The summed E-state index contributed by atoms with van der Waals surface area (Å²) in [6, 6.07) is -0.305. The molecule has 1 atom stereocenters. The van der Waals surface area contributed by atoms with E-state index in [1.165, 1.54) is 11.3 Å². The van der Waals surface area contributed by atoms with Crippen molar-refractivity contribution in [3.05, 3.63) is 11.1 Å². The third-order valence-electron chi connectivity index (χ3n) is 2.32. The largest absolute Gasteiger partial charge is 0.375 e. The molecule has 0 spiro atoms. The molecular formula is C8H11N3O3S2. The highest BCUT2D eigenvalue weighted by Gasteiger charge is 2.29. The summed E-state index contributed by atoms with van der Waals surface area (Å²) in [6.45, 7) is 0. The first kappa shape index (κ1) is 11.3. The lowest BCUT2D eigenvalue weighted by Crippen LogP contribution is -2.35. The number of sulfone groups is 1. The Morgan fingerprint density at radius 3 is 2.88 bits per heavy atom. The van der Waals surface area contributed by atoms with Gasteiger partial charge in [-0.1, -0.05) is 0 Å². The van der Waals surface area contributed by atoms with Gasteiger partial charge in [0.1, 0.15) is 5.69 Å². The van der Waals surface area contributed by atoms with E-state index in [1.54, 1.807) is 5.38 Å². The number of hydrogen-bond acceptors (Lipinski definition) is 6. The van der Waals surface area contributed by atoms with Gasteiger partial charge >= 0.3 is 0 Å². The highest BCUT2D eigenvalue weighted by Crippen LogP contribution is 2.14. The van der Waals surface area contributed by atoms with Crippen molar-refractivity contribution in [2.75, 3.05) is 17.2 Å². The van der Waals surface area contributed by atoms with Crippen LogP contribution in [0.4, 0.5) is 5.13 Å². The zero-order valence-corrected chi connectivity index (χ0v) is 9.97. The van der Waals surface area contributed by atoms with Crippen LogP contribution < -0.4 is 11.1 Å². The van der Waals surface area contributed by atoms with Crippen molar-refractivity contribution in [3.63, 3.8) is 0 Å². The van der Waals surface area contributed by atoms with E-state index in [1.807, 2.05) is 0 Å². The number of nitrogens with two attached hydrogens (primary N) is 1. The van der Waals surface area contributed by atoms with Gasteiger partial charge in [0.05, 0.1) is 11.5 Å². The summed E-state index contributed by atoms with van der Waals surface area (Å²) in [5, 5.41) is 4.51. The van der Waals surface area contributed by atoms with Gasteiger partial charge in [0.15, 0.2) is 15.0 Å². The van der Waals surface area contributed by atoms with Crippen LogP contribution in [0.3, 0.4) is 0 Å². The predicted molar refractivity (Wildman–Crippen MR) is 61.1 cm³/mol. The minimum atomic E-state index is -2.98. The molecule has 1 aliphatic heterocycles. The Balaban J connectivity index is 1.99. The second-order valence-electron chi connectivity index (χ2n) is 3.64. The molecular weight excluding hydrogens is 250 g/mol. The monoisotopic (exact) mass is 261 g/mol. The summed E-state index contributed by atoms with van der Waals surface area (Å²) < 4.78 is 22.4. The van der Waals surface area contributed by atoms with Gasteiger partial charge in [0, 0.05) is 11.4 Å². The number of anilines is 1. The van der Waals surface area contributed by atoms with Gasteiger partial charge in [-0.05, 0) is 6.42 Å². The molecule has 1 fully saturated rings. The van der Waals surface area contributed by atoms with E-state index in [2.05, 4.69) is 10.3 Å². The number of nitrogens with one attached hydrogen (secondary N) is 1. The first-order valence-electron chi connectivity index (χ1n) is 4.68. The van der Waals surface area contributed by atoms with Crippen molar-refractivity contribution >= 4 is 32.2 Å². The number of nitrogen functional groups attached to an aromatic ring is 1.